The molecule has 23 heavy (non-hydrogen) atoms. The van der Waals surface area contributed by atoms with E-state index in [4.69, 9.17) is 4.74 Å². The maximum absolute atomic E-state index is 13.7. The van der Waals surface area contributed by atoms with Gasteiger partial charge in [-0.3, -0.25) is 0 Å². The molecule has 0 spiro atoms. The highest BCUT2D eigenvalue weighted by atomic mass is 32.2. The largest absolute Gasteiger partial charge is 0.491 e. The molecule has 0 saturated carbocycles. The van der Waals surface area contributed by atoms with E-state index < -0.39 is 15.8 Å². The van der Waals surface area contributed by atoms with Gasteiger partial charge in [0, 0.05) is 6.54 Å². The number of aryl methyl sites for hydroxylation is 1. The molecule has 0 aliphatic heterocycles. The van der Waals surface area contributed by atoms with Crippen LogP contribution in [0.5, 0.6) is 5.75 Å². The second-order valence-corrected chi connectivity index (χ2v) is 7.07. The number of ether oxygens (including phenoxy) is 1. The minimum Gasteiger partial charge on any atom is -0.491 e. The average Bonchev–Trinajstić information content (AvgIpc) is 2.50. The molecular weight excluding hydrogens is 317 g/mol. The highest BCUT2D eigenvalue weighted by Gasteiger charge is 2.12. The summed E-state index contributed by atoms with van der Waals surface area (Å²) in [5.74, 6) is -0.437. The van der Waals surface area contributed by atoms with Gasteiger partial charge in [-0.2, -0.15) is 0 Å². The van der Waals surface area contributed by atoms with Crippen LogP contribution >= 0.6 is 0 Å². The molecule has 1 N–H and O–H groups in total. The number of hydrogen-bond acceptors (Lipinski definition) is 3. The van der Waals surface area contributed by atoms with Crippen LogP contribution in [0.1, 0.15) is 23.6 Å². The number of benzene rings is 2. The topological polar surface area (TPSA) is 55.4 Å². The van der Waals surface area contributed by atoms with E-state index in [-0.39, 0.29) is 18.0 Å². The van der Waals surface area contributed by atoms with Crippen LogP contribution in [0, 0.1) is 12.7 Å². The van der Waals surface area contributed by atoms with Crippen molar-refractivity contribution in [1.29, 1.82) is 0 Å². The molecule has 0 fully saturated rings. The van der Waals surface area contributed by atoms with Gasteiger partial charge in [0.15, 0.2) is 11.6 Å². The number of halogens is 1. The minimum atomic E-state index is -3.48. The van der Waals surface area contributed by atoms with Gasteiger partial charge in [0.25, 0.3) is 0 Å². The SMILES string of the molecule is CCOc1ccc(CNS(=O)(=O)Cc2ccc(C)cc2)cc1F. The van der Waals surface area contributed by atoms with E-state index in [0.717, 1.165) is 5.56 Å². The first-order valence-corrected chi connectivity index (χ1v) is 8.99. The normalized spacial score (nSPS) is 11.4. The fraction of sp³-hybridized carbons (Fsp3) is 0.294. The second kappa shape index (κ2) is 7.57. The van der Waals surface area contributed by atoms with E-state index in [1.165, 1.54) is 12.1 Å². The summed E-state index contributed by atoms with van der Waals surface area (Å²) in [5.41, 5.74) is 2.32. The first kappa shape index (κ1) is 17.4. The Kier molecular flexibility index (Phi) is 5.74. The molecule has 0 unspecified atom stereocenters. The van der Waals surface area contributed by atoms with Gasteiger partial charge in [0.2, 0.25) is 10.0 Å². The smallest absolute Gasteiger partial charge is 0.216 e. The Morgan fingerprint density at radius 2 is 1.74 bits per heavy atom. The summed E-state index contributed by atoms with van der Waals surface area (Å²) < 4.78 is 45.5. The number of sulfonamides is 1. The van der Waals surface area contributed by atoms with Crippen molar-refractivity contribution in [3.63, 3.8) is 0 Å². The molecular formula is C17H20FNO3S. The molecule has 0 atom stereocenters. The van der Waals surface area contributed by atoms with E-state index in [1.54, 1.807) is 25.1 Å². The van der Waals surface area contributed by atoms with Gasteiger partial charge >= 0.3 is 0 Å². The van der Waals surface area contributed by atoms with Crippen LogP contribution in [0.15, 0.2) is 42.5 Å². The summed E-state index contributed by atoms with van der Waals surface area (Å²) in [4.78, 5) is 0. The molecule has 0 aromatic heterocycles. The monoisotopic (exact) mass is 337 g/mol. The third-order valence-electron chi connectivity index (χ3n) is 3.27. The maximum atomic E-state index is 13.7. The summed E-state index contributed by atoms with van der Waals surface area (Å²) in [7, 11) is -3.48. The van der Waals surface area contributed by atoms with Crippen molar-refractivity contribution in [2.24, 2.45) is 0 Å². The lowest BCUT2D eigenvalue weighted by Gasteiger charge is -2.09. The summed E-state index contributed by atoms with van der Waals surface area (Å²) in [6.45, 7) is 4.13. The Morgan fingerprint density at radius 1 is 1.09 bits per heavy atom. The maximum Gasteiger partial charge on any atom is 0.216 e. The molecule has 0 radical (unpaired) electrons. The third kappa shape index (κ3) is 5.33. The van der Waals surface area contributed by atoms with E-state index in [1.807, 2.05) is 19.1 Å². The van der Waals surface area contributed by atoms with Gasteiger partial charge in [-0.25, -0.2) is 17.5 Å². The van der Waals surface area contributed by atoms with Crippen LogP contribution in [0.4, 0.5) is 4.39 Å². The third-order valence-corrected chi connectivity index (χ3v) is 4.57. The van der Waals surface area contributed by atoms with Crippen LogP contribution in [0.25, 0.3) is 0 Å². The Morgan fingerprint density at radius 3 is 2.35 bits per heavy atom. The van der Waals surface area contributed by atoms with Gasteiger partial charge in [-0.15, -0.1) is 0 Å². The first-order valence-electron chi connectivity index (χ1n) is 7.34. The predicted molar refractivity (Wildman–Crippen MR) is 88.2 cm³/mol. The van der Waals surface area contributed by atoms with E-state index >= 15 is 0 Å². The number of rotatable bonds is 7. The van der Waals surface area contributed by atoms with E-state index in [0.29, 0.717) is 17.7 Å². The Balaban J connectivity index is 1.98. The zero-order chi connectivity index (χ0) is 16.9. The molecule has 0 heterocycles. The lowest BCUT2D eigenvalue weighted by molar-refractivity contribution is 0.321. The van der Waals surface area contributed by atoms with E-state index in [2.05, 4.69) is 4.72 Å². The van der Waals surface area contributed by atoms with Crippen molar-refractivity contribution >= 4 is 10.0 Å². The van der Waals surface area contributed by atoms with Gasteiger partial charge in [0.05, 0.1) is 12.4 Å². The molecule has 2 aromatic rings. The zero-order valence-corrected chi connectivity index (χ0v) is 14.0. The van der Waals surface area contributed by atoms with Crippen LogP contribution < -0.4 is 9.46 Å². The van der Waals surface area contributed by atoms with Crippen LogP contribution in [0.3, 0.4) is 0 Å². The Hall–Kier alpha value is -1.92. The molecule has 0 bridgehead atoms. The summed E-state index contributed by atoms with van der Waals surface area (Å²) in [6, 6.07) is 11.7. The van der Waals surface area contributed by atoms with Crippen LogP contribution in [-0.2, 0) is 22.3 Å². The highest BCUT2D eigenvalue weighted by molar-refractivity contribution is 7.88. The highest BCUT2D eigenvalue weighted by Crippen LogP contribution is 2.18. The molecule has 2 aromatic carbocycles. The first-order chi connectivity index (χ1) is 10.9. The van der Waals surface area contributed by atoms with Crippen molar-refractivity contribution < 1.29 is 17.5 Å². The zero-order valence-electron chi connectivity index (χ0n) is 13.2. The Labute approximate surface area is 136 Å². The quantitative estimate of drug-likeness (QED) is 0.844. The lowest BCUT2D eigenvalue weighted by atomic mass is 10.2. The van der Waals surface area contributed by atoms with Gasteiger partial charge in [-0.1, -0.05) is 35.9 Å². The fourth-order valence-electron chi connectivity index (χ4n) is 2.07. The van der Waals surface area contributed by atoms with Crippen molar-refractivity contribution in [3.05, 3.63) is 65.0 Å². The average molecular weight is 337 g/mol. The second-order valence-electron chi connectivity index (χ2n) is 5.26. The minimum absolute atomic E-state index is 0.0392. The molecule has 2 rings (SSSR count). The molecule has 0 saturated heterocycles. The van der Waals surface area contributed by atoms with Crippen molar-refractivity contribution in [2.75, 3.05) is 6.61 Å². The predicted octanol–water partition coefficient (Wildman–Crippen LogP) is 3.15. The molecule has 0 amide bonds. The number of hydrogen-bond donors (Lipinski definition) is 1. The number of nitrogens with one attached hydrogen (secondary N) is 1. The summed E-state index contributed by atoms with van der Waals surface area (Å²) >= 11 is 0. The molecule has 6 heteroatoms. The van der Waals surface area contributed by atoms with Gasteiger partial charge in [0.1, 0.15) is 0 Å². The van der Waals surface area contributed by atoms with Gasteiger partial charge in [-0.05, 0) is 37.1 Å². The van der Waals surface area contributed by atoms with Crippen molar-refractivity contribution in [1.82, 2.24) is 4.72 Å². The van der Waals surface area contributed by atoms with Crippen molar-refractivity contribution in [3.8, 4) is 5.75 Å². The molecule has 4 nitrogen and oxygen atoms in total. The van der Waals surface area contributed by atoms with Crippen LogP contribution in [-0.4, -0.2) is 15.0 Å². The van der Waals surface area contributed by atoms with Crippen molar-refractivity contribution in [2.45, 2.75) is 26.1 Å². The summed E-state index contributed by atoms with van der Waals surface area (Å²) in [5, 5.41) is 0. The molecule has 0 aliphatic rings. The van der Waals surface area contributed by atoms with Gasteiger partial charge < -0.3 is 4.74 Å². The van der Waals surface area contributed by atoms with Crippen LogP contribution in [0.2, 0.25) is 0 Å². The molecule has 124 valence electrons. The summed E-state index contributed by atoms with van der Waals surface area (Å²) in [6.07, 6.45) is 0. The molecule has 0 aliphatic carbocycles. The Bertz CT molecular complexity index is 758. The fourth-order valence-corrected chi connectivity index (χ4v) is 3.19. The standard InChI is InChI=1S/C17H20FNO3S/c1-3-22-17-9-8-15(10-16(17)18)11-19-23(20,21)12-14-6-4-13(2)5-7-14/h4-10,19H,3,11-12H2,1-2H3. The lowest BCUT2D eigenvalue weighted by Crippen LogP contribution is -2.24. The van der Waals surface area contributed by atoms with E-state index in [9.17, 15) is 12.8 Å².